The first-order valence-corrected chi connectivity index (χ1v) is 19.4. The van der Waals surface area contributed by atoms with Crippen LogP contribution in [0.1, 0.15) is 26.3 Å². The van der Waals surface area contributed by atoms with E-state index >= 15 is 0 Å². The predicted molar refractivity (Wildman–Crippen MR) is 231 cm³/mol. The number of pyridine rings is 1. The molecule has 57 heavy (non-hydrogen) atoms. The molecule has 0 aliphatic carbocycles. The van der Waals surface area contributed by atoms with Gasteiger partial charge in [-0.2, -0.15) is 0 Å². The smallest absolute Gasteiger partial charge is 0.243 e. The van der Waals surface area contributed by atoms with Crippen LogP contribution in [-0.4, -0.2) is 23.3 Å². The summed E-state index contributed by atoms with van der Waals surface area (Å²) in [6, 6.07) is 47.5. The van der Waals surface area contributed by atoms with E-state index in [1.165, 1.54) is 43.5 Å². The summed E-state index contributed by atoms with van der Waals surface area (Å²) >= 11 is 0. The van der Waals surface area contributed by atoms with E-state index in [2.05, 4.69) is 163 Å². The topological polar surface area (TPSA) is 45.7 Å². The maximum atomic E-state index is 6.73. The lowest BCUT2D eigenvalue weighted by molar-refractivity contribution is -0.599. The van der Waals surface area contributed by atoms with Gasteiger partial charge in [-0.3, -0.25) is 4.57 Å². The molecule has 0 bridgehead atoms. The Labute approximate surface area is 329 Å². The number of ether oxygens (including phenoxy) is 1. The summed E-state index contributed by atoms with van der Waals surface area (Å²) in [5.41, 5.74) is 10.0. The van der Waals surface area contributed by atoms with Gasteiger partial charge < -0.3 is 23.0 Å². The number of imidazole rings is 1. The number of benzene rings is 6. The Kier molecular flexibility index (Phi) is 7.11. The number of aromatic nitrogens is 6. The van der Waals surface area contributed by atoms with Crippen molar-refractivity contribution in [2.24, 2.45) is 14.1 Å². The number of nitrogens with zero attached hydrogens (tertiary/aromatic N) is 6. The van der Waals surface area contributed by atoms with Gasteiger partial charge in [0.1, 0.15) is 17.3 Å². The first-order valence-electron chi connectivity index (χ1n) is 19.4. The van der Waals surface area contributed by atoms with Crippen LogP contribution in [0, 0.1) is 6.33 Å². The van der Waals surface area contributed by atoms with Crippen molar-refractivity contribution < 1.29 is 9.30 Å². The number of para-hydroxylation sites is 3. The van der Waals surface area contributed by atoms with Gasteiger partial charge in [0.15, 0.2) is 0 Å². The van der Waals surface area contributed by atoms with Gasteiger partial charge in [0.05, 0.1) is 40.3 Å². The zero-order chi connectivity index (χ0) is 38.6. The zero-order valence-electron chi connectivity index (χ0n) is 32.5. The van der Waals surface area contributed by atoms with Gasteiger partial charge in [-0.15, -0.1) is 0 Å². The summed E-state index contributed by atoms with van der Waals surface area (Å²) in [4.78, 5) is 5.16. The molecule has 276 valence electrons. The van der Waals surface area contributed by atoms with Crippen LogP contribution in [0.5, 0.6) is 11.5 Å². The standard InChI is InChI=1S/C50H40N6O/c1-50(2,3)32-24-25-51-43(28-32)56-42-30-36(57-35-17-13-16-34(29-35)54-27-26-52(4)31-54)22-23-39(42)46-47-44(37-18-9-11-20-40(37)53(47)5)45-38-19-10-12-21-41(38)55(48(45)49(46)56)33-14-7-6-8-15-33/h6-30H,1-5H3. The summed E-state index contributed by atoms with van der Waals surface area (Å²) < 4.78 is 17.8. The Morgan fingerprint density at radius 3 is 2.05 bits per heavy atom. The van der Waals surface area contributed by atoms with E-state index in [0.29, 0.717) is 0 Å². The van der Waals surface area contributed by atoms with Gasteiger partial charge in [0.25, 0.3) is 0 Å². The summed E-state index contributed by atoms with van der Waals surface area (Å²) in [7, 11) is 4.18. The summed E-state index contributed by atoms with van der Waals surface area (Å²) in [5.74, 6) is 2.35. The highest BCUT2D eigenvalue weighted by molar-refractivity contribution is 6.40. The number of aryl methyl sites for hydroxylation is 2. The fraction of sp³-hybridized carbons (Fsp3) is 0.120. The van der Waals surface area contributed by atoms with Crippen molar-refractivity contribution in [2.45, 2.75) is 26.2 Å². The number of rotatable bonds is 5. The fourth-order valence-corrected chi connectivity index (χ4v) is 8.92. The molecule has 11 rings (SSSR count). The molecule has 0 aliphatic heterocycles. The highest BCUT2D eigenvalue weighted by Gasteiger charge is 2.28. The Morgan fingerprint density at radius 2 is 1.28 bits per heavy atom. The van der Waals surface area contributed by atoms with Crippen molar-refractivity contribution in [3.63, 3.8) is 0 Å². The Hall–Kier alpha value is -7.12. The zero-order valence-corrected chi connectivity index (χ0v) is 32.5. The molecule has 0 saturated carbocycles. The lowest BCUT2D eigenvalue weighted by Crippen LogP contribution is -2.27. The molecule has 5 heterocycles. The summed E-state index contributed by atoms with van der Waals surface area (Å²) in [5, 5.41) is 7.24. The largest absolute Gasteiger partial charge is 0.458 e. The molecular formula is C50H40N6O. The van der Waals surface area contributed by atoms with Gasteiger partial charge >= 0.3 is 0 Å². The quantitative estimate of drug-likeness (QED) is 0.130. The molecule has 0 spiro atoms. The third-order valence-electron chi connectivity index (χ3n) is 11.5. The second-order valence-corrected chi connectivity index (χ2v) is 16.1. The van der Waals surface area contributed by atoms with Crippen molar-refractivity contribution in [3.8, 4) is 28.7 Å². The Morgan fingerprint density at radius 1 is 0.596 bits per heavy atom. The van der Waals surface area contributed by atoms with E-state index < -0.39 is 0 Å². The first kappa shape index (κ1) is 33.2. The maximum absolute atomic E-state index is 6.73. The average molecular weight is 741 g/mol. The van der Waals surface area contributed by atoms with Crippen LogP contribution < -0.4 is 9.30 Å². The highest BCUT2D eigenvalue weighted by Crippen LogP contribution is 2.49. The fourth-order valence-electron chi connectivity index (χ4n) is 8.92. The van der Waals surface area contributed by atoms with Crippen molar-refractivity contribution in [1.29, 1.82) is 0 Å². The second kappa shape index (κ2) is 12.2. The van der Waals surface area contributed by atoms with Crippen LogP contribution in [0.2, 0.25) is 0 Å². The minimum atomic E-state index is -0.0820. The molecule has 0 fully saturated rings. The van der Waals surface area contributed by atoms with Crippen LogP contribution in [0.15, 0.2) is 152 Å². The van der Waals surface area contributed by atoms with Gasteiger partial charge in [0.2, 0.25) is 6.33 Å². The molecule has 0 unspecified atom stereocenters. The first-order chi connectivity index (χ1) is 27.7. The maximum Gasteiger partial charge on any atom is 0.243 e. The predicted octanol–water partition coefficient (Wildman–Crippen LogP) is 11.4. The van der Waals surface area contributed by atoms with Gasteiger partial charge in [0, 0.05) is 75.2 Å². The molecule has 0 aliphatic rings. The van der Waals surface area contributed by atoms with E-state index in [1.54, 1.807) is 0 Å². The van der Waals surface area contributed by atoms with Crippen LogP contribution in [0.25, 0.3) is 82.6 Å². The second-order valence-electron chi connectivity index (χ2n) is 16.1. The minimum absolute atomic E-state index is 0.0820. The van der Waals surface area contributed by atoms with Crippen molar-refractivity contribution >= 4 is 65.4 Å². The normalized spacial score (nSPS) is 12.3. The molecule has 7 heteroatoms. The lowest BCUT2D eigenvalue weighted by atomic mass is 9.88. The van der Waals surface area contributed by atoms with Gasteiger partial charge in [-0.05, 0) is 71.6 Å². The third-order valence-corrected chi connectivity index (χ3v) is 11.5. The van der Waals surface area contributed by atoms with E-state index in [9.17, 15) is 0 Å². The molecule has 0 amide bonds. The molecule has 7 nitrogen and oxygen atoms in total. The SMILES string of the molecule is Cn1[c-][n+](-c2cccc(Oc3ccc4c5c6c(c7ccccc7n6C)c6c7ccccc7n(-c7ccccc7)c6c5n(-c5cc(C(C)(C)C)ccn5)c4c3)c2)cc1. The summed E-state index contributed by atoms with van der Waals surface area (Å²) in [6.07, 6.45) is 9.22. The van der Waals surface area contributed by atoms with E-state index in [-0.39, 0.29) is 5.41 Å². The van der Waals surface area contributed by atoms with Crippen LogP contribution >= 0.6 is 0 Å². The monoisotopic (exact) mass is 740 g/mol. The van der Waals surface area contributed by atoms with E-state index in [0.717, 1.165) is 56.1 Å². The Balaban J connectivity index is 1.32. The molecule has 0 saturated heterocycles. The van der Waals surface area contributed by atoms with Crippen molar-refractivity contribution in [2.75, 3.05) is 0 Å². The van der Waals surface area contributed by atoms with Crippen molar-refractivity contribution in [3.05, 3.63) is 164 Å². The van der Waals surface area contributed by atoms with Crippen LogP contribution in [0.3, 0.4) is 0 Å². The Bertz CT molecular complexity index is 3390. The molecule has 6 aromatic carbocycles. The van der Waals surface area contributed by atoms with E-state index in [4.69, 9.17) is 9.72 Å². The highest BCUT2D eigenvalue weighted by atomic mass is 16.5. The third kappa shape index (κ3) is 4.98. The molecule has 0 atom stereocenters. The number of fused-ring (bicyclic) bond motifs is 12. The number of hydrogen-bond donors (Lipinski definition) is 0. The lowest BCUT2D eigenvalue weighted by Gasteiger charge is -2.20. The summed E-state index contributed by atoms with van der Waals surface area (Å²) in [6.45, 7) is 6.77. The van der Waals surface area contributed by atoms with Gasteiger partial charge in [-0.1, -0.05) is 87.5 Å². The molecular weight excluding hydrogens is 701 g/mol. The van der Waals surface area contributed by atoms with E-state index in [1.807, 2.05) is 53.0 Å². The average Bonchev–Trinajstić information content (AvgIpc) is 3.98. The molecule has 5 aromatic heterocycles. The number of hydrogen-bond acceptors (Lipinski definition) is 2. The minimum Gasteiger partial charge on any atom is -0.458 e. The molecule has 0 N–H and O–H groups in total. The molecule has 0 radical (unpaired) electrons. The van der Waals surface area contributed by atoms with Gasteiger partial charge in [-0.25, -0.2) is 4.98 Å². The van der Waals surface area contributed by atoms with Crippen molar-refractivity contribution in [1.82, 2.24) is 23.3 Å². The van der Waals surface area contributed by atoms with Crippen LogP contribution in [-0.2, 0) is 19.5 Å². The molecule has 11 aromatic rings. The van der Waals surface area contributed by atoms with Crippen LogP contribution in [0.4, 0.5) is 0 Å².